The van der Waals surface area contributed by atoms with Crippen molar-refractivity contribution in [3.05, 3.63) is 34.6 Å². The molecule has 0 unspecified atom stereocenters. The van der Waals surface area contributed by atoms with Crippen LogP contribution in [-0.4, -0.2) is 24.4 Å². The number of aromatic amines is 1. The lowest BCUT2D eigenvalue weighted by Crippen LogP contribution is -2.21. The van der Waals surface area contributed by atoms with Gasteiger partial charge in [-0.3, -0.25) is 9.36 Å². The molecular formula is C10H11N2O4P. The van der Waals surface area contributed by atoms with Crippen LogP contribution in [0.3, 0.4) is 0 Å². The molecule has 6 nitrogen and oxygen atoms in total. The summed E-state index contributed by atoms with van der Waals surface area (Å²) in [6, 6.07) is 6.71. The topological polar surface area (TPSA) is 81.3 Å². The second-order valence-corrected chi connectivity index (χ2v) is 5.43. The van der Waals surface area contributed by atoms with Crippen molar-refractivity contribution >= 4 is 23.8 Å². The minimum absolute atomic E-state index is 0.109. The van der Waals surface area contributed by atoms with Gasteiger partial charge in [0.2, 0.25) is 0 Å². The maximum absolute atomic E-state index is 12.2. The van der Waals surface area contributed by atoms with Crippen LogP contribution in [0.15, 0.2) is 29.1 Å². The fourth-order valence-corrected chi connectivity index (χ4v) is 2.71. The number of nitrogens with one attached hydrogen (secondary N) is 1. The summed E-state index contributed by atoms with van der Waals surface area (Å²) in [5, 5.41) is 6.91. The first-order valence-electron chi connectivity index (χ1n) is 4.82. The van der Waals surface area contributed by atoms with Gasteiger partial charge < -0.3 is 9.05 Å². The third kappa shape index (κ3) is 1.91. The molecule has 0 atom stereocenters. The number of benzene rings is 1. The molecule has 1 aromatic heterocycles. The van der Waals surface area contributed by atoms with Crippen LogP contribution < -0.4 is 11.0 Å². The third-order valence-corrected chi connectivity index (χ3v) is 4.24. The van der Waals surface area contributed by atoms with Crippen LogP contribution in [0.5, 0.6) is 0 Å². The monoisotopic (exact) mass is 254 g/mol. The van der Waals surface area contributed by atoms with Crippen LogP contribution >= 0.6 is 7.60 Å². The first-order valence-corrected chi connectivity index (χ1v) is 6.36. The molecule has 0 saturated carbocycles. The Morgan fingerprint density at radius 3 is 2.35 bits per heavy atom. The van der Waals surface area contributed by atoms with Crippen molar-refractivity contribution in [3.8, 4) is 0 Å². The van der Waals surface area contributed by atoms with Gasteiger partial charge >= 0.3 is 7.60 Å². The SMILES string of the molecule is COP(=O)(OC)c1n[nH]c(=O)c2ccccc12. The average molecular weight is 254 g/mol. The smallest absolute Gasteiger partial charge is 0.307 e. The summed E-state index contributed by atoms with van der Waals surface area (Å²) in [5.74, 6) is 0. The minimum atomic E-state index is -3.48. The maximum atomic E-state index is 12.2. The van der Waals surface area contributed by atoms with Crippen molar-refractivity contribution in [2.45, 2.75) is 0 Å². The Labute approximate surface area is 97.1 Å². The lowest BCUT2D eigenvalue weighted by Gasteiger charge is -2.13. The number of H-pyrrole nitrogens is 1. The van der Waals surface area contributed by atoms with Crippen molar-refractivity contribution in [3.63, 3.8) is 0 Å². The molecule has 2 aromatic rings. The number of rotatable bonds is 3. The molecule has 90 valence electrons. The van der Waals surface area contributed by atoms with Crippen LogP contribution in [0.25, 0.3) is 10.8 Å². The van der Waals surface area contributed by atoms with Gasteiger partial charge in [-0.25, -0.2) is 5.10 Å². The quantitative estimate of drug-likeness (QED) is 0.827. The van der Waals surface area contributed by atoms with Gasteiger partial charge in [0.25, 0.3) is 5.56 Å². The first kappa shape index (κ1) is 12.0. The molecule has 1 heterocycles. The summed E-state index contributed by atoms with van der Waals surface area (Å²) in [7, 11) is -0.941. The highest BCUT2D eigenvalue weighted by molar-refractivity contribution is 7.62. The number of aromatic nitrogens is 2. The van der Waals surface area contributed by atoms with Crippen molar-refractivity contribution in [2.75, 3.05) is 14.2 Å². The predicted octanol–water partition coefficient (Wildman–Crippen LogP) is 1.03. The van der Waals surface area contributed by atoms with Gasteiger partial charge in [0.1, 0.15) is 0 Å². The van der Waals surface area contributed by atoms with Crippen LogP contribution in [0, 0.1) is 0 Å². The minimum Gasteiger partial charge on any atom is -0.307 e. The summed E-state index contributed by atoms with van der Waals surface area (Å²) in [4.78, 5) is 11.5. The largest absolute Gasteiger partial charge is 0.381 e. The lowest BCUT2D eigenvalue weighted by molar-refractivity contribution is 0.286. The Morgan fingerprint density at radius 1 is 1.18 bits per heavy atom. The standard InChI is InChI=1S/C10H11N2O4P/c1-15-17(14,16-2)10-8-6-4-3-5-7(8)9(13)11-12-10/h3-6H,1-2H3,(H,11,13). The van der Waals surface area contributed by atoms with Gasteiger partial charge in [-0.1, -0.05) is 18.2 Å². The number of fused-ring (bicyclic) bond motifs is 1. The van der Waals surface area contributed by atoms with Crippen LogP contribution in [0.2, 0.25) is 0 Å². The van der Waals surface area contributed by atoms with Crippen LogP contribution in [0.4, 0.5) is 0 Å². The summed E-state index contributed by atoms with van der Waals surface area (Å²) in [5.41, 5.74) is -0.235. The van der Waals surface area contributed by atoms with Gasteiger partial charge in [-0.05, 0) is 6.07 Å². The highest BCUT2D eigenvalue weighted by atomic mass is 31.2. The summed E-state index contributed by atoms with van der Waals surface area (Å²) in [6.07, 6.45) is 0. The fourth-order valence-electron chi connectivity index (χ4n) is 1.56. The molecular weight excluding hydrogens is 243 g/mol. The molecule has 0 aliphatic rings. The molecule has 17 heavy (non-hydrogen) atoms. The molecule has 0 amide bonds. The highest BCUT2D eigenvalue weighted by Crippen LogP contribution is 2.45. The van der Waals surface area contributed by atoms with E-state index in [1.807, 2.05) is 0 Å². The van der Waals surface area contributed by atoms with Gasteiger partial charge in [-0.2, -0.15) is 5.10 Å². The van der Waals surface area contributed by atoms with E-state index in [0.717, 1.165) is 0 Å². The molecule has 0 bridgehead atoms. The summed E-state index contributed by atoms with van der Waals surface area (Å²) < 4.78 is 22.0. The Balaban J connectivity index is 2.85. The van der Waals surface area contributed by atoms with E-state index in [-0.39, 0.29) is 11.0 Å². The van der Waals surface area contributed by atoms with Gasteiger partial charge in [0.15, 0.2) is 5.44 Å². The van der Waals surface area contributed by atoms with Crippen molar-refractivity contribution in [1.82, 2.24) is 10.2 Å². The molecule has 7 heteroatoms. The second-order valence-electron chi connectivity index (χ2n) is 3.28. The van der Waals surface area contributed by atoms with Crippen LogP contribution in [0.1, 0.15) is 0 Å². The van der Waals surface area contributed by atoms with E-state index in [0.29, 0.717) is 10.8 Å². The molecule has 0 aliphatic heterocycles. The number of hydrogen-bond acceptors (Lipinski definition) is 5. The Morgan fingerprint density at radius 2 is 1.76 bits per heavy atom. The molecule has 2 rings (SSSR count). The zero-order chi connectivity index (χ0) is 12.5. The van der Waals surface area contributed by atoms with E-state index in [2.05, 4.69) is 10.2 Å². The van der Waals surface area contributed by atoms with Crippen molar-refractivity contribution in [1.29, 1.82) is 0 Å². The maximum Gasteiger partial charge on any atom is 0.381 e. The van der Waals surface area contributed by atoms with Gasteiger partial charge in [0.05, 0.1) is 5.39 Å². The summed E-state index contributed by atoms with van der Waals surface area (Å²) in [6.45, 7) is 0. The molecule has 0 aliphatic carbocycles. The normalized spacial score (nSPS) is 11.9. The van der Waals surface area contributed by atoms with Gasteiger partial charge in [-0.15, -0.1) is 0 Å². The zero-order valence-electron chi connectivity index (χ0n) is 9.34. The Kier molecular flexibility index (Phi) is 3.11. The average Bonchev–Trinajstić information content (AvgIpc) is 2.39. The van der Waals surface area contributed by atoms with Crippen LogP contribution in [-0.2, 0) is 13.6 Å². The summed E-state index contributed by atoms with van der Waals surface area (Å²) >= 11 is 0. The highest BCUT2D eigenvalue weighted by Gasteiger charge is 2.29. The molecule has 0 saturated heterocycles. The lowest BCUT2D eigenvalue weighted by atomic mass is 10.2. The van der Waals surface area contributed by atoms with E-state index in [4.69, 9.17) is 9.05 Å². The predicted molar refractivity (Wildman–Crippen MR) is 63.6 cm³/mol. The third-order valence-electron chi connectivity index (χ3n) is 2.42. The number of hydrogen-bond donors (Lipinski definition) is 1. The molecule has 0 spiro atoms. The number of nitrogens with zero attached hydrogens (tertiary/aromatic N) is 1. The van der Waals surface area contributed by atoms with E-state index in [1.165, 1.54) is 14.2 Å². The Bertz CT molecular complexity index is 644. The zero-order valence-corrected chi connectivity index (χ0v) is 10.2. The van der Waals surface area contributed by atoms with E-state index >= 15 is 0 Å². The van der Waals surface area contributed by atoms with Crippen molar-refractivity contribution in [2.24, 2.45) is 0 Å². The molecule has 1 N–H and O–H groups in total. The van der Waals surface area contributed by atoms with E-state index < -0.39 is 7.60 Å². The van der Waals surface area contributed by atoms with Gasteiger partial charge in [0, 0.05) is 19.6 Å². The molecule has 0 fully saturated rings. The van der Waals surface area contributed by atoms with E-state index in [1.54, 1.807) is 24.3 Å². The Hall–Kier alpha value is -1.49. The second kappa shape index (κ2) is 4.41. The van der Waals surface area contributed by atoms with Crippen molar-refractivity contribution < 1.29 is 13.6 Å². The molecule has 1 aromatic carbocycles. The van der Waals surface area contributed by atoms with E-state index in [9.17, 15) is 9.36 Å². The first-order chi connectivity index (χ1) is 8.12. The fraction of sp³-hybridized carbons (Fsp3) is 0.200. The molecule has 0 radical (unpaired) electrons.